The summed E-state index contributed by atoms with van der Waals surface area (Å²) in [4.78, 5) is 68.0. The van der Waals surface area contributed by atoms with Crippen molar-refractivity contribution in [3.8, 4) is 22.6 Å². The molecule has 298 valence electrons. The average molecular weight is 756 g/mol. The molecule has 0 aromatic heterocycles. The summed E-state index contributed by atoms with van der Waals surface area (Å²) in [6, 6.07) is 4.12. The third-order valence-electron chi connectivity index (χ3n) is 9.23. The number of carbonyl (C=O) groups excluding carboxylic acids is 5. The van der Waals surface area contributed by atoms with Crippen LogP contribution in [0.25, 0.3) is 11.1 Å². The lowest BCUT2D eigenvalue weighted by atomic mass is 9.95. The lowest BCUT2D eigenvalue weighted by Crippen LogP contribution is -2.60. The number of fused-ring (bicyclic) bond motifs is 5. The maximum absolute atomic E-state index is 14.2. The highest BCUT2D eigenvalue weighted by molar-refractivity contribution is 5.96. The molecule has 4 bridgehead atoms. The van der Waals surface area contributed by atoms with E-state index in [2.05, 4.69) is 47.9 Å². The van der Waals surface area contributed by atoms with Crippen LogP contribution in [0.15, 0.2) is 36.4 Å². The minimum absolute atomic E-state index is 0.0109. The number of aliphatic hydroxyl groups excluding tert-OH is 1. The van der Waals surface area contributed by atoms with E-state index in [1.807, 2.05) is 0 Å². The summed E-state index contributed by atoms with van der Waals surface area (Å²) in [6.45, 7) is 1.11. The van der Waals surface area contributed by atoms with Crippen molar-refractivity contribution in [3.05, 3.63) is 47.5 Å². The lowest BCUT2D eigenvalue weighted by Gasteiger charge is -2.27. The van der Waals surface area contributed by atoms with E-state index in [-0.39, 0.29) is 43.7 Å². The van der Waals surface area contributed by atoms with Crippen LogP contribution in [0.4, 0.5) is 0 Å². The van der Waals surface area contributed by atoms with E-state index in [1.165, 1.54) is 12.1 Å². The van der Waals surface area contributed by atoms with Gasteiger partial charge < -0.3 is 63.2 Å². The Hall–Kier alpha value is -4.81. The van der Waals surface area contributed by atoms with Crippen molar-refractivity contribution in [1.29, 1.82) is 0 Å². The summed E-state index contributed by atoms with van der Waals surface area (Å²) in [5.74, 6) is -3.35. The monoisotopic (exact) mass is 755 g/mol. The molecular formula is C37H57N9O8. The number of hydrogen-bond acceptors (Lipinski definition) is 12. The van der Waals surface area contributed by atoms with Gasteiger partial charge in [0.2, 0.25) is 29.5 Å². The van der Waals surface area contributed by atoms with Gasteiger partial charge in [-0.1, -0.05) is 12.1 Å². The van der Waals surface area contributed by atoms with Crippen molar-refractivity contribution in [2.45, 2.75) is 68.7 Å². The molecule has 0 spiro atoms. The number of aliphatic hydroxyl groups is 1. The van der Waals surface area contributed by atoms with Crippen LogP contribution in [0, 0.1) is 0 Å². The van der Waals surface area contributed by atoms with Crippen LogP contribution >= 0.6 is 0 Å². The molecule has 1 heterocycles. The Bertz CT molecular complexity index is 1580. The van der Waals surface area contributed by atoms with Gasteiger partial charge in [-0.2, -0.15) is 0 Å². The molecule has 0 aliphatic carbocycles. The zero-order valence-corrected chi connectivity index (χ0v) is 31.5. The van der Waals surface area contributed by atoms with Crippen molar-refractivity contribution >= 4 is 29.5 Å². The average Bonchev–Trinajstić information content (AvgIpc) is 3.15. The molecule has 1 aliphatic heterocycles. The van der Waals surface area contributed by atoms with E-state index in [4.69, 9.17) is 0 Å². The highest BCUT2D eigenvalue weighted by Gasteiger charge is 2.33. The molecular weight excluding hydrogens is 698 g/mol. The van der Waals surface area contributed by atoms with Crippen molar-refractivity contribution in [3.63, 3.8) is 0 Å². The minimum Gasteiger partial charge on any atom is -0.508 e. The quantitative estimate of drug-likeness (QED) is 0.0720. The minimum atomic E-state index is -1.33. The predicted octanol–water partition coefficient (Wildman–Crippen LogP) is -2.28. The maximum Gasteiger partial charge on any atom is 0.245 e. The first-order chi connectivity index (χ1) is 25.9. The molecule has 17 heteroatoms. The number of phenols is 2. The van der Waals surface area contributed by atoms with Gasteiger partial charge in [0.15, 0.2) is 0 Å². The summed E-state index contributed by atoms with van der Waals surface area (Å²) < 4.78 is 0. The first-order valence-corrected chi connectivity index (χ1v) is 18.3. The topological polar surface area (TPSA) is 254 Å². The highest BCUT2D eigenvalue weighted by Crippen LogP contribution is 2.31. The second kappa shape index (κ2) is 22.4. The number of phenolic OH excluding ortho intramolecular Hbond substituents is 2. The number of likely N-dealkylation sites (N-methyl/N-ethyl adjacent to an activating group) is 2. The van der Waals surface area contributed by atoms with Gasteiger partial charge in [0, 0.05) is 25.9 Å². The van der Waals surface area contributed by atoms with Crippen molar-refractivity contribution in [2.24, 2.45) is 0 Å². The summed E-state index contributed by atoms with van der Waals surface area (Å²) in [5.41, 5.74) is 2.13. The van der Waals surface area contributed by atoms with Crippen molar-refractivity contribution < 1.29 is 39.3 Å². The third kappa shape index (κ3) is 12.9. The molecule has 0 radical (unpaired) electrons. The van der Waals surface area contributed by atoms with Gasteiger partial charge in [-0.3, -0.25) is 24.0 Å². The molecule has 1 aliphatic rings. The highest BCUT2D eigenvalue weighted by atomic mass is 16.3. The number of hydrogen-bond donors (Lipinski definition) is 12. The Morgan fingerprint density at radius 2 is 1.35 bits per heavy atom. The normalized spacial score (nSPS) is 18.6. The van der Waals surface area contributed by atoms with E-state index in [9.17, 15) is 39.3 Å². The molecule has 5 amide bonds. The smallest absolute Gasteiger partial charge is 0.245 e. The molecule has 3 rings (SSSR count). The van der Waals surface area contributed by atoms with Crippen molar-refractivity contribution in [2.75, 3.05) is 61.0 Å². The molecule has 0 saturated heterocycles. The molecule has 2 aromatic carbocycles. The second-order valence-corrected chi connectivity index (χ2v) is 13.2. The number of rotatable bonds is 18. The number of amides is 5. The molecule has 5 atom stereocenters. The van der Waals surface area contributed by atoms with Crippen LogP contribution in [-0.4, -0.2) is 136 Å². The zero-order valence-electron chi connectivity index (χ0n) is 31.5. The van der Waals surface area contributed by atoms with Crippen LogP contribution in [0.5, 0.6) is 11.5 Å². The molecule has 12 N–H and O–H groups in total. The Morgan fingerprint density at radius 3 is 1.94 bits per heavy atom. The standard InChI is InChI=1S/C37H57N9O8/c1-38-13-5-7-26-34(51)45-29(37(54)44-27(8-6-14-39-2)35(52)46-30(21-47)33(50)42-16-15-40-3)20-25-18-23(10-12-32(25)49)22-9-11-31(48)24(17-22)19-28(41-4)36(53)43-26/h9-12,17-18,26-30,38-41,47-49H,5-8,13-16,19-21H2,1-4H3,(H,42,50)(H,43,53)(H,44,54)(H,45,51)(H,46,52)/t26-,27-,28-,29-,30-/m0/s1. The van der Waals surface area contributed by atoms with E-state index in [1.54, 1.807) is 52.5 Å². The Morgan fingerprint density at radius 1 is 0.741 bits per heavy atom. The fourth-order valence-corrected chi connectivity index (χ4v) is 6.05. The second-order valence-electron chi connectivity index (χ2n) is 13.2. The first kappa shape index (κ1) is 43.6. The Balaban J connectivity index is 2.03. The molecule has 54 heavy (non-hydrogen) atoms. The third-order valence-corrected chi connectivity index (χ3v) is 9.23. The van der Waals surface area contributed by atoms with Gasteiger partial charge in [-0.05, 0) is 113 Å². The van der Waals surface area contributed by atoms with Crippen LogP contribution in [0.3, 0.4) is 0 Å². The van der Waals surface area contributed by atoms with Gasteiger partial charge in [0.05, 0.1) is 12.6 Å². The number of aromatic hydroxyl groups is 2. The molecule has 0 fully saturated rings. The van der Waals surface area contributed by atoms with Gasteiger partial charge in [0.25, 0.3) is 0 Å². The molecule has 17 nitrogen and oxygen atoms in total. The number of carbonyl (C=O) groups is 5. The predicted molar refractivity (Wildman–Crippen MR) is 204 cm³/mol. The maximum atomic E-state index is 14.2. The summed E-state index contributed by atoms with van der Waals surface area (Å²) in [5, 5.41) is 56.9. The van der Waals surface area contributed by atoms with Crippen LogP contribution < -0.4 is 47.9 Å². The van der Waals surface area contributed by atoms with Crippen LogP contribution in [0.2, 0.25) is 0 Å². The number of nitrogens with one attached hydrogen (secondary N) is 9. The Kier molecular flexibility index (Phi) is 18.1. The first-order valence-electron chi connectivity index (χ1n) is 18.3. The van der Waals surface area contributed by atoms with Crippen LogP contribution in [-0.2, 0) is 36.8 Å². The van der Waals surface area contributed by atoms with Gasteiger partial charge in [0.1, 0.15) is 35.7 Å². The van der Waals surface area contributed by atoms with E-state index in [0.29, 0.717) is 54.7 Å². The zero-order chi connectivity index (χ0) is 39.6. The van der Waals surface area contributed by atoms with Gasteiger partial charge >= 0.3 is 0 Å². The van der Waals surface area contributed by atoms with E-state index < -0.39 is 66.4 Å². The lowest BCUT2D eigenvalue weighted by molar-refractivity contribution is -0.135. The number of benzene rings is 2. The largest absolute Gasteiger partial charge is 0.508 e. The summed E-state index contributed by atoms with van der Waals surface area (Å²) in [7, 11) is 6.81. The SMILES string of the molecule is CNCCC[C@@H]1NC(=O)[C@@H](NC)Cc2cc(ccc2O)-c2ccc(O)c(c2)C[C@@H](C(=O)N[C@@H](CCCNC)C(=O)N[C@@H](CO)C(=O)NCCNC)NC1=O. The Labute approximate surface area is 316 Å². The van der Waals surface area contributed by atoms with Gasteiger partial charge in [-0.15, -0.1) is 0 Å². The summed E-state index contributed by atoms with van der Waals surface area (Å²) >= 11 is 0. The van der Waals surface area contributed by atoms with Gasteiger partial charge in [-0.25, -0.2) is 0 Å². The fourth-order valence-electron chi connectivity index (χ4n) is 6.05. The van der Waals surface area contributed by atoms with E-state index in [0.717, 1.165) is 0 Å². The summed E-state index contributed by atoms with van der Waals surface area (Å²) in [6.07, 6.45) is 1.23. The van der Waals surface area contributed by atoms with Crippen LogP contribution in [0.1, 0.15) is 36.8 Å². The molecule has 0 saturated carbocycles. The molecule has 0 unspecified atom stereocenters. The fraction of sp³-hybridized carbons (Fsp3) is 0.541. The molecule has 2 aromatic rings. The van der Waals surface area contributed by atoms with E-state index >= 15 is 0 Å². The van der Waals surface area contributed by atoms with Crippen molar-refractivity contribution in [1.82, 2.24) is 47.9 Å².